The van der Waals surface area contributed by atoms with E-state index in [0.717, 1.165) is 37.1 Å². The molecule has 6 nitrogen and oxygen atoms in total. The van der Waals surface area contributed by atoms with Gasteiger partial charge in [-0.1, -0.05) is 6.07 Å². The first-order valence-corrected chi connectivity index (χ1v) is 8.79. The fourth-order valence-electron chi connectivity index (χ4n) is 2.52. The van der Waals surface area contributed by atoms with Crippen molar-refractivity contribution in [3.05, 3.63) is 47.9 Å². The predicted octanol–water partition coefficient (Wildman–Crippen LogP) is 4.31. The Kier molecular flexibility index (Phi) is 3.72. The Morgan fingerprint density at radius 2 is 2.25 bits per heavy atom. The average molecular weight is 352 g/mol. The fourth-order valence-corrected chi connectivity index (χ4v) is 4.17. The number of fused-ring (bicyclic) bond motifs is 1. The minimum Gasteiger partial charge on any atom is -0.358 e. The topological polar surface area (TPSA) is 93.2 Å². The van der Waals surface area contributed by atoms with E-state index in [9.17, 15) is 5.26 Å². The molecule has 3 aromatic heterocycles. The van der Waals surface area contributed by atoms with Crippen molar-refractivity contribution >= 4 is 39.9 Å². The zero-order chi connectivity index (χ0) is 16.5. The highest BCUT2D eigenvalue weighted by molar-refractivity contribution is 8.02. The molecule has 0 aliphatic carbocycles. The van der Waals surface area contributed by atoms with Gasteiger partial charge in [0.15, 0.2) is 4.34 Å². The summed E-state index contributed by atoms with van der Waals surface area (Å²) in [5.41, 5.74) is 4.56. The molecule has 3 N–H and O–H groups in total. The molecule has 118 valence electrons. The summed E-state index contributed by atoms with van der Waals surface area (Å²) in [5, 5.41) is 17.1. The smallest absolute Gasteiger partial charge is 0.171 e. The van der Waals surface area contributed by atoms with E-state index in [-0.39, 0.29) is 0 Å². The molecule has 24 heavy (non-hydrogen) atoms. The molecule has 8 heteroatoms. The zero-order valence-corrected chi connectivity index (χ0v) is 14.3. The van der Waals surface area contributed by atoms with Gasteiger partial charge < -0.3 is 9.71 Å². The second-order valence-corrected chi connectivity index (χ2v) is 7.24. The third kappa shape index (κ3) is 2.54. The first-order valence-electron chi connectivity index (χ1n) is 7.15. The molecule has 0 fully saturated rings. The minimum atomic E-state index is 0.659. The third-order valence-corrected chi connectivity index (χ3v) is 5.59. The Bertz CT molecular complexity index is 1040. The summed E-state index contributed by atoms with van der Waals surface area (Å²) in [4.78, 5) is 8.64. The SMILES string of the molecule is Cc1ccc(NSc2ncc(-c3ccn[nH]3)s2)c2[nH]cc(C#N)c12. The molecule has 0 bridgehead atoms. The van der Waals surface area contributed by atoms with Gasteiger partial charge in [-0.05, 0) is 24.6 Å². The number of hydrogen-bond acceptors (Lipinski definition) is 6. The van der Waals surface area contributed by atoms with Gasteiger partial charge in [0.1, 0.15) is 6.07 Å². The number of aryl methyl sites for hydroxylation is 1. The van der Waals surface area contributed by atoms with Gasteiger partial charge in [0.05, 0.1) is 27.3 Å². The highest BCUT2D eigenvalue weighted by Crippen LogP contribution is 2.34. The number of thiazole rings is 1. The normalized spacial score (nSPS) is 10.8. The molecule has 0 atom stereocenters. The minimum absolute atomic E-state index is 0.659. The summed E-state index contributed by atoms with van der Waals surface area (Å²) < 4.78 is 4.23. The van der Waals surface area contributed by atoms with E-state index in [4.69, 9.17) is 0 Å². The molecular weight excluding hydrogens is 340 g/mol. The van der Waals surface area contributed by atoms with Crippen molar-refractivity contribution < 1.29 is 0 Å². The molecular formula is C16H12N6S2. The average Bonchev–Trinajstić information content (AvgIpc) is 3.33. The van der Waals surface area contributed by atoms with E-state index < -0.39 is 0 Å². The van der Waals surface area contributed by atoms with E-state index >= 15 is 0 Å². The van der Waals surface area contributed by atoms with Crippen LogP contribution in [0.5, 0.6) is 0 Å². The van der Waals surface area contributed by atoms with Crippen LogP contribution in [0.25, 0.3) is 21.5 Å². The van der Waals surface area contributed by atoms with Gasteiger partial charge in [0.25, 0.3) is 0 Å². The summed E-state index contributed by atoms with van der Waals surface area (Å²) in [6.45, 7) is 2.01. The van der Waals surface area contributed by atoms with Crippen molar-refractivity contribution in [2.24, 2.45) is 0 Å². The zero-order valence-electron chi connectivity index (χ0n) is 12.6. The van der Waals surface area contributed by atoms with Crippen molar-refractivity contribution in [3.63, 3.8) is 0 Å². The second kappa shape index (κ2) is 6.03. The second-order valence-electron chi connectivity index (χ2n) is 5.16. The lowest BCUT2D eigenvalue weighted by molar-refractivity contribution is 1.10. The standard InChI is InChI=1S/C16H12N6S2/c1-9-2-3-12(15-14(9)10(6-17)7-18-15)22-24-16-19-8-13(23-16)11-4-5-20-21-11/h2-5,7-8,18,22H,1H3,(H,20,21). The van der Waals surface area contributed by atoms with E-state index in [1.54, 1.807) is 23.7 Å². The summed E-state index contributed by atoms with van der Waals surface area (Å²) in [5.74, 6) is 0. The molecule has 0 saturated heterocycles. The Morgan fingerprint density at radius 3 is 3.04 bits per heavy atom. The Labute approximate surface area is 146 Å². The fraction of sp³-hybridized carbons (Fsp3) is 0.0625. The van der Waals surface area contributed by atoms with Crippen molar-refractivity contribution in [3.8, 4) is 16.6 Å². The van der Waals surface area contributed by atoms with Crippen LogP contribution in [0.15, 0.2) is 41.1 Å². The number of aromatic amines is 2. The number of benzene rings is 1. The maximum Gasteiger partial charge on any atom is 0.171 e. The Balaban J connectivity index is 1.59. The molecule has 4 aromatic rings. The van der Waals surface area contributed by atoms with Gasteiger partial charge in [0, 0.05) is 35.9 Å². The first kappa shape index (κ1) is 14.8. The van der Waals surface area contributed by atoms with Crippen LogP contribution in [0.4, 0.5) is 5.69 Å². The number of aromatic nitrogens is 4. The van der Waals surface area contributed by atoms with Crippen LogP contribution in [0, 0.1) is 18.3 Å². The summed E-state index contributed by atoms with van der Waals surface area (Å²) >= 11 is 3.03. The number of H-pyrrole nitrogens is 2. The number of nitriles is 1. The summed E-state index contributed by atoms with van der Waals surface area (Å²) in [6.07, 6.45) is 5.30. The quantitative estimate of drug-likeness (QED) is 0.476. The van der Waals surface area contributed by atoms with Crippen LogP contribution in [0.1, 0.15) is 11.1 Å². The number of hydrogen-bond donors (Lipinski definition) is 3. The van der Waals surface area contributed by atoms with Crippen LogP contribution in [0.3, 0.4) is 0 Å². The van der Waals surface area contributed by atoms with Gasteiger partial charge in [-0.3, -0.25) is 5.10 Å². The number of nitrogens with one attached hydrogen (secondary N) is 3. The van der Waals surface area contributed by atoms with E-state index in [2.05, 4.69) is 31.0 Å². The number of anilines is 1. The Morgan fingerprint density at radius 1 is 1.33 bits per heavy atom. The molecule has 0 amide bonds. The lowest BCUT2D eigenvalue weighted by Crippen LogP contribution is -1.89. The molecule has 4 rings (SSSR count). The molecule has 0 unspecified atom stereocenters. The van der Waals surface area contributed by atoms with Crippen molar-refractivity contribution in [2.45, 2.75) is 11.3 Å². The van der Waals surface area contributed by atoms with Crippen LogP contribution >= 0.6 is 23.3 Å². The van der Waals surface area contributed by atoms with Gasteiger partial charge >= 0.3 is 0 Å². The summed E-state index contributed by atoms with van der Waals surface area (Å²) in [6, 6.07) is 8.16. The van der Waals surface area contributed by atoms with Crippen molar-refractivity contribution in [2.75, 3.05) is 4.72 Å². The molecule has 0 saturated carbocycles. The number of nitrogens with zero attached hydrogens (tertiary/aromatic N) is 3. The third-order valence-electron chi connectivity index (χ3n) is 3.66. The van der Waals surface area contributed by atoms with Crippen LogP contribution in [0.2, 0.25) is 0 Å². The Hall–Kier alpha value is -2.76. The molecule has 1 aromatic carbocycles. The molecule has 0 radical (unpaired) electrons. The number of rotatable bonds is 4. The van der Waals surface area contributed by atoms with Crippen LogP contribution in [-0.4, -0.2) is 20.2 Å². The molecule has 0 aliphatic rings. The maximum atomic E-state index is 9.23. The van der Waals surface area contributed by atoms with Gasteiger partial charge in [-0.25, -0.2) is 4.98 Å². The van der Waals surface area contributed by atoms with Crippen LogP contribution < -0.4 is 4.72 Å². The van der Waals surface area contributed by atoms with Crippen molar-refractivity contribution in [1.82, 2.24) is 20.2 Å². The maximum absolute atomic E-state index is 9.23. The predicted molar refractivity (Wildman–Crippen MR) is 96.9 cm³/mol. The van der Waals surface area contributed by atoms with Gasteiger partial charge in [-0.15, -0.1) is 11.3 Å². The highest BCUT2D eigenvalue weighted by Gasteiger charge is 2.11. The molecule has 3 heterocycles. The molecule has 0 aliphatic heterocycles. The van der Waals surface area contributed by atoms with Gasteiger partial charge in [-0.2, -0.15) is 10.4 Å². The first-order chi connectivity index (χ1) is 11.8. The lowest BCUT2D eigenvalue weighted by atomic mass is 10.1. The van der Waals surface area contributed by atoms with Crippen molar-refractivity contribution in [1.29, 1.82) is 5.26 Å². The van der Waals surface area contributed by atoms with Crippen LogP contribution in [-0.2, 0) is 0 Å². The summed E-state index contributed by atoms with van der Waals surface area (Å²) in [7, 11) is 0. The highest BCUT2D eigenvalue weighted by atomic mass is 32.2. The molecule has 0 spiro atoms. The lowest BCUT2D eigenvalue weighted by Gasteiger charge is -2.06. The van der Waals surface area contributed by atoms with Gasteiger partial charge in [0.2, 0.25) is 0 Å². The van der Waals surface area contributed by atoms with E-state index in [1.807, 2.05) is 31.3 Å². The van der Waals surface area contributed by atoms with E-state index in [0.29, 0.717) is 5.56 Å². The largest absolute Gasteiger partial charge is 0.358 e. The monoisotopic (exact) mass is 352 g/mol. The van der Waals surface area contributed by atoms with E-state index in [1.165, 1.54) is 11.9 Å².